The molecular weight excluding hydrogens is 349 g/mol. The molecule has 0 aliphatic rings. The van der Waals surface area contributed by atoms with Gasteiger partial charge < -0.3 is 10.1 Å². The van der Waals surface area contributed by atoms with Gasteiger partial charge in [-0.2, -0.15) is 0 Å². The lowest BCUT2D eigenvalue weighted by Crippen LogP contribution is -2.28. The first-order valence-electron chi connectivity index (χ1n) is 7.16. The third kappa shape index (κ3) is 5.72. The lowest BCUT2D eigenvalue weighted by Gasteiger charge is -2.07. The van der Waals surface area contributed by atoms with E-state index in [1.807, 2.05) is 6.07 Å². The Morgan fingerprint density at radius 1 is 1.00 bits per heavy atom. The lowest BCUT2D eigenvalue weighted by molar-refractivity contribution is -0.143. The summed E-state index contributed by atoms with van der Waals surface area (Å²) < 4.78 is 4.87. The van der Waals surface area contributed by atoms with Gasteiger partial charge in [0.05, 0.1) is 0 Å². The number of amides is 1. The van der Waals surface area contributed by atoms with E-state index in [0.29, 0.717) is 15.6 Å². The van der Waals surface area contributed by atoms with E-state index in [4.69, 9.17) is 27.9 Å². The van der Waals surface area contributed by atoms with Crippen molar-refractivity contribution in [3.8, 4) is 0 Å². The van der Waals surface area contributed by atoms with Crippen LogP contribution in [0.3, 0.4) is 0 Å². The Hall–Kier alpha value is -2.30. The predicted octanol–water partition coefficient (Wildman–Crippen LogP) is 3.87. The minimum atomic E-state index is -0.622. The summed E-state index contributed by atoms with van der Waals surface area (Å²) in [5.74, 6) is -1.03. The van der Waals surface area contributed by atoms with E-state index >= 15 is 0 Å². The molecule has 0 saturated carbocycles. The quantitative estimate of drug-likeness (QED) is 0.626. The molecule has 0 bridgehead atoms. The van der Waals surface area contributed by atoms with Gasteiger partial charge in [-0.15, -0.1) is 0 Å². The van der Waals surface area contributed by atoms with Crippen molar-refractivity contribution >= 4 is 41.2 Å². The number of nitrogens with one attached hydrogen (secondary N) is 1. The van der Waals surface area contributed by atoms with Gasteiger partial charge in [-0.25, -0.2) is 4.79 Å². The molecule has 1 amide bonds. The minimum absolute atomic E-state index is 0.269. The Balaban J connectivity index is 1.76. The van der Waals surface area contributed by atoms with Gasteiger partial charge in [0.15, 0.2) is 6.61 Å². The summed E-state index contributed by atoms with van der Waals surface area (Å²) in [6.45, 7) is -0.0956. The summed E-state index contributed by atoms with van der Waals surface area (Å²) in [4.78, 5) is 23.3. The Kier molecular flexibility index (Phi) is 6.85. The molecule has 0 radical (unpaired) electrons. The number of carbonyl (C=O) groups is 2. The SMILES string of the molecule is O=C(COC(=O)/C=C/c1ccccc1Cl)NCc1ccccc1Cl. The van der Waals surface area contributed by atoms with Crippen molar-refractivity contribution in [2.75, 3.05) is 6.61 Å². The second-order valence-corrected chi connectivity index (χ2v) is 5.65. The van der Waals surface area contributed by atoms with Gasteiger partial charge in [-0.3, -0.25) is 4.79 Å². The Bertz CT molecular complexity index is 759. The van der Waals surface area contributed by atoms with Gasteiger partial charge in [0.25, 0.3) is 5.91 Å². The minimum Gasteiger partial charge on any atom is -0.452 e. The van der Waals surface area contributed by atoms with Crippen molar-refractivity contribution < 1.29 is 14.3 Å². The Labute approximate surface area is 150 Å². The van der Waals surface area contributed by atoms with Crippen LogP contribution in [0.25, 0.3) is 6.08 Å². The highest BCUT2D eigenvalue weighted by molar-refractivity contribution is 6.32. The molecule has 0 spiro atoms. The average molecular weight is 364 g/mol. The zero-order chi connectivity index (χ0) is 17.4. The summed E-state index contributed by atoms with van der Waals surface area (Å²) in [6, 6.07) is 14.3. The number of halogens is 2. The van der Waals surface area contributed by atoms with E-state index in [0.717, 1.165) is 5.56 Å². The van der Waals surface area contributed by atoms with E-state index in [2.05, 4.69) is 5.32 Å². The van der Waals surface area contributed by atoms with Crippen LogP contribution in [-0.4, -0.2) is 18.5 Å². The second-order valence-electron chi connectivity index (χ2n) is 4.83. The van der Waals surface area contributed by atoms with Gasteiger partial charge in [-0.05, 0) is 29.3 Å². The Morgan fingerprint density at radius 2 is 1.67 bits per heavy atom. The molecule has 0 aromatic heterocycles. The molecule has 0 saturated heterocycles. The number of rotatable bonds is 6. The zero-order valence-corrected chi connectivity index (χ0v) is 14.2. The fourth-order valence-electron chi connectivity index (χ4n) is 1.84. The summed E-state index contributed by atoms with van der Waals surface area (Å²) in [5, 5.41) is 3.73. The molecule has 4 nitrogen and oxygen atoms in total. The summed E-state index contributed by atoms with van der Waals surface area (Å²) in [6.07, 6.45) is 2.76. The molecule has 0 aliphatic heterocycles. The van der Waals surface area contributed by atoms with E-state index < -0.39 is 11.9 Å². The fourth-order valence-corrected chi connectivity index (χ4v) is 2.24. The van der Waals surface area contributed by atoms with Crippen LogP contribution in [0.15, 0.2) is 54.6 Å². The zero-order valence-electron chi connectivity index (χ0n) is 12.7. The van der Waals surface area contributed by atoms with Crippen LogP contribution in [0.2, 0.25) is 10.0 Å². The topological polar surface area (TPSA) is 55.4 Å². The van der Waals surface area contributed by atoms with Crippen molar-refractivity contribution in [3.05, 3.63) is 75.8 Å². The maximum atomic E-state index is 11.7. The molecule has 0 heterocycles. The predicted molar refractivity (Wildman–Crippen MR) is 94.7 cm³/mol. The molecule has 2 aromatic carbocycles. The van der Waals surface area contributed by atoms with Crippen molar-refractivity contribution in [3.63, 3.8) is 0 Å². The van der Waals surface area contributed by atoms with E-state index in [1.165, 1.54) is 12.2 Å². The molecule has 24 heavy (non-hydrogen) atoms. The molecule has 0 fully saturated rings. The highest BCUT2D eigenvalue weighted by Crippen LogP contribution is 2.16. The summed E-state index contributed by atoms with van der Waals surface area (Å²) in [5.41, 5.74) is 1.48. The second kappa shape index (κ2) is 9.11. The molecule has 0 aliphatic carbocycles. The van der Waals surface area contributed by atoms with Crippen LogP contribution in [-0.2, 0) is 20.9 Å². The monoisotopic (exact) mass is 363 g/mol. The van der Waals surface area contributed by atoms with Crippen LogP contribution >= 0.6 is 23.2 Å². The van der Waals surface area contributed by atoms with Gasteiger partial charge in [0.1, 0.15) is 0 Å². The normalized spacial score (nSPS) is 10.6. The molecule has 1 N–H and O–H groups in total. The van der Waals surface area contributed by atoms with Gasteiger partial charge in [0, 0.05) is 22.7 Å². The van der Waals surface area contributed by atoms with Crippen LogP contribution < -0.4 is 5.32 Å². The highest BCUT2D eigenvalue weighted by Gasteiger charge is 2.06. The number of benzene rings is 2. The molecule has 2 aromatic rings. The number of hydrogen-bond donors (Lipinski definition) is 1. The van der Waals surface area contributed by atoms with Gasteiger partial charge >= 0.3 is 5.97 Å². The summed E-state index contributed by atoms with van der Waals surface area (Å²) >= 11 is 12.0. The van der Waals surface area contributed by atoms with Gasteiger partial charge in [-0.1, -0.05) is 59.6 Å². The highest BCUT2D eigenvalue weighted by atomic mass is 35.5. The van der Waals surface area contributed by atoms with Gasteiger partial charge in [0.2, 0.25) is 0 Å². The molecule has 6 heteroatoms. The maximum absolute atomic E-state index is 11.7. The third-order valence-corrected chi connectivity index (χ3v) is 3.80. The Morgan fingerprint density at radius 3 is 2.38 bits per heavy atom. The first kappa shape index (κ1) is 18.0. The van der Waals surface area contributed by atoms with Crippen LogP contribution in [0.5, 0.6) is 0 Å². The molecule has 124 valence electrons. The first-order valence-corrected chi connectivity index (χ1v) is 7.91. The number of hydrogen-bond acceptors (Lipinski definition) is 3. The van der Waals surface area contributed by atoms with E-state index in [1.54, 1.807) is 42.5 Å². The largest absolute Gasteiger partial charge is 0.452 e. The lowest BCUT2D eigenvalue weighted by atomic mass is 10.2. The smallest absolute Gasteiger partial charge is 0.331 e. The van der Waals surface area contributed by atoms with E-state index in [-0.39, 0.29) is 13.2 Å². The van der Waals surface area contributed by atoms with Crippen molar-refractivity contribution in [2.24, 2.45) is 0 Å². The molecule has 2 rings (SSSR count). The van der Waals surface area contributed by atoms with Crippen molar-refractivity contribution in [2.45, 2.75) is 6.54 Å². The third-order valence-electron chi connectivity index (χ3n) is 3.08. The summed E-state index contributed by atoms with van der Waals surface area (Å²) in [7, 11) is 0. The first-order chi connectivity index (χ1) is 11.6. The molecular formula is C18H15Cl2NO3. The maximum Gasteiger partial charge on any atom is 0.331 e. The molecule has 0 unspecified atom stereocenters. The average Bonchev–Trinajstić information content (AvgIpc) is 2.58. The van der Waals surface area contributed by atoms with Crippen LogP contribution in [0.1, 0.15) is 11.1 Å². The number of ether oxygens (including phenoxy) is 1. The van der Waals surface area contributed by atoms with Crippen LogP contribution in [0.4, 0.5) is 0 Å². The van der Waals surface area contributed by atoms with Crippen LogP contribution in [0, 0.1) is 0 Å². The number of esters is 1. The molecule has 0 atom stereocenters. The van der Waals surface area contributed by atoms with Crippen molar-refractivity contribution in [1.29, 1.82) is 0 Å². The number of carbonyl (C=O) groups excluding carboxylic acids is 2. The van der Waals surface area contributed by atoms with Crippen molar-refractivity contribution in [1.82, 2.24) is 5.32 Å². The fraction of sp³-hybridized carbons (Fsp3) is 0.111. The van der Waals surface area contributed by atoms with E-state index in [9.17, 15) is 9.59 Å². The standard InChI is InChI=1S/C18H15Cl2NO3/c19-15-7-3-1-5-13(15)9-10-18(23)24-12-17(22)21-11-14-6-2-4-8-16(14)20/h1-10H,11-12H2,(H,21,22)/b10-9+.